The van der Waals surface area contributed by atoms with Crippen LogP contribution in [0.2, 0.25) is 0 Å². The number of imidazole rings is 2. The zero-order chi connectivity index (χ0) is 35.4. The smallest absolute Gasteiger partial charge is 0.412 e. The molecule has 4 fully saturated rings. The Kier molecular flexibility index (Phi) is 7.78. The Morgan fingerprint density at radius 3 is 2.60 bits per heavy atom. The average molecular weight is 763 g/mol. The van der Waals surface area contributed by atoms with Crippen molar-refractivity contribution in [3.63, 3.8) is 0 Å². The van der Waals surface area contributed by atoms with E-state index in [0.29, 0.717) is 0 Å². The molecule has 26 heteroatoms. The number of aliphatic hydroxyl groups excluding tert-OH is 1. The third kappa shape index (κ3) is 5.28. The third-order valence-corrected chi connectivity index (χ3v) is 11.5. The van der Waals surface area contributed by atoms with Crippen molar-refractivity contribution in [1.29, 1.82) is 0 Å². The molecule has 3 aromatic rings. The van der Waals surface area contributed by atoms with Gasteiger partial charge in [-0.15, -0.1) is 0 Å². The first-order chi connectivity index (χ1) is 23.6. The normalized spacial score (nSPS) is 40.8. The largest absolute Gasteiger partial charge is 0.472 e. The Morgan fingerprint density at radius 2 is 1.86 bits per heavy atom. The maximum absolute atomic E-state index is 15.4. The molecule has 3 aromatic heterocycles. The summed E-state index contributed by atoms with van der Waals surface area (Å²) in [5, 5.41) is 14.1. The van der Waals surface area contributed by atoms with Crippen molar-refractivity contribution >= 4 is 55.1 Å². The summed E-state index contributed by atoms with van der Waals surface area (Å²) >= 11 is 5.27. The highest BCUT2D eigenvalue weighted by molar-refractivity contribution is 8.07. The van der Waals surface area contributed by atoms with Crippen molar-refractivity contribution in [2.24, 2.45) is 16.1 Å². The van der Waals surface area contributed by atoms with Crippen LogP contribution in [0, 0.1) is 17.9 Å². The fraction of sp³-hybridized carbons (Fsp3) is 0.542. The van der Waals surface area contributed by atoms with Crippen LogP contribution >= 0.6 is 14.5 Å². The summed E-state index contributed by atoms with van der Waals surface area (Å²) in [5.41, 5.74) is 9.91. The van der Waals surface area contributed by atoms with Gasteiger partial charge in [0.2, 0.25) is 6.23 Å². The first-order valence-electron chi connectivity index (χ1n) is 14.5. The third-order valence-electron chi connectivity index (χ3n) is 8.99. The predicted octanol–water partition coefficient (Wildman–Crippen LogP) is -0.0332. The van der Waals surface area contributed by atoms with E-state index < -0.39 is 94.7 Å². The summed E-state index contributed by atoms with van der Waals surface area (Å²) in [4.78, 5) is 42.5. The molecular weight excluding hydrogens is 736 g/mol. The molecule has 3 saturated heterocycles. The first kappa shape index (κ1) is 33.7. The number of aliphatic hydroxyl groups is 1. The number of anilines is 2. The molecule has 0 amide bonds. The van der Waals surface area contributed by atoms with Gasteiger partial charge in [-0.05, 0) is 11.8 Å². The first-order valence-corrected chi connectivity index (χ1v) is 18.6. The summed E-state index contributed by atoms with van der Waals surface area (Å²) in [7, 11) is -5.19. The maximum Gasteiger partial charge on any atom is 0.472 e. The molecule has 8 rings (SSSR count). The molecule has 1 spiro atoms. The number of nitrogen functional groups attached to an aromatic ring is 1. The highest BCUT2D eigenvalue weighted by Crippen LogP contribution is 2.73. The van der Waals surface area contributed by atoms with Crippen molar-refractivity contribution in [1.82, 2.24) is 29.1 Å². The van der Waals surface area contributed by atoms with Crippen LogP contribution in [0.25, 0.3) is 11.2 Å². The lowest BCUT2D eigenvalue weighted by Gasteiger charge is -2.29. The second kappa shape index (κ2) is 11.5. The average Bonchev–Trinajstić information content (AvgIpc) is 3.54. The molecular formula is C24H26F2N10O11P2S. The van der Waals surface area contributed by atoms with Crippen LogP contribution in [0.15, 0.2) is 24.0 Å². The van der Waals surface area contributed by atoms with Crippen molar-refractivity contribution in [3.05, 3.63) is 24.7 Å². The van der Waals surface area contributed by atoms with Gasteiger partial charge in [-0.1, -0.05) is 6.42 Å². The van der Waals surface area contributed by atoms with E-state index in [0.717, 1.165) is 6.33 Å². The monoisotopic (exact) mass is 762 g/mol. The number of hydrogen-bond acceptors (Lipinski definition) is 18. The Bertz CT molecular complexity index is 2050. The molecule has 50 heavy (non-hydrogen) atoms. The van der Waals surface area contributed by atoms with Gasteiger partial charge in [-0.25, -0.2) is 38.3 Å². The molecule has 0 radical (unpaired) electrons. The second-order valence-corrected chi connectivity index (χ2v) is 16.0. The lowest BCUT2D eigenvalue weighted by Crippen LogP contribution is -2.37. The lowest BCUT2D eigenvalue weighted by molar-refractivity contribution is -0.0641. The zero-order valence-corrected chi connectivity index (χ0v) is 27.6. The van der Waals surface area contributed by atoms with E-state index in [1.165, 1.54) is 21.8 Å². The van der Waals surface area contributed by atoms with Crippen molar-refractivity contribution in [2.45, 2.75) is 61.5 Å². The lowest BCUT2D eigenvalue weighted by atomic mass is 9.94. The van der Waals surface area contributed by atoms with Crippen molar-refractivity contribution in [3.8, 4) is 12.5 Å². The number of terminal acetylenes is 1. The van der Waals surface area contributed by atoms with Crippen molar-refractivity contribution in [2.75, 3.05) is 24.3 Å². The number of ether oxygens (including phenoxy) is 3. The van der Waals surface area contributed by atoms with Crippen LogP contribution in [0.4, 0.5) is 20.4 Å². The molecule has 11 atom stereocenters. The Hall–Kier alpha value is -3.43. The summed E-state index contributed by atoms with van der Waals surface area (Å²) < 4.78 is 85.7. The number of phosphoric ester groups is 1. The highest BCUT2D eigenvalue weighted by Gasteiger charge is 2.84. The molecule has 3 unspecified atom stereocenters. The number of alkyl halides is 2. The Labute approximate surface area is 283 Å². The minimum atomic E-state index is -5.19. The standard InChI is InChI=1S/C24H26F2N10O11P2S/c1-2-41-19-12-18(33-22(28)34-19)36(8-32-12)20-13(37)14-9(44-20)3-43-49(40,50)47-15-21(35-7-31-11-16(27)29-6-30-17(11)35)45-10(4-42-48(38,39)46-14)23(15)5-24(23,25)26/h1,6-10,13-15,19-21,37H,3-5H2,(H,38,39)(H,40,50)(H2,27,29,30)(H3,28,33,34)/t9-,10-,13-,14-,15+,19?,20-,21-,23-,49?/m1/s1. The van der Waals surface area contributed by atoms with E-state index in [1.54, 1.807) is 0 Å². The van der Waals surface area contributed by atoms with Gasteiger partial charge in [0.05, 0.1) is 37.4 Å². The molecule has 2 bridgehead atoms. The number of nitrogens with two attached hydrogens (primary N) is 2. The highest BCUT2D eigenvalue weighted by atomic mass is 32.5. The summed E-state index contributed by atoms with van der Waals surface area (Å²) in [6.07, 6.45) is -2.30. The van der Waals surface area contributed by atoms with E-state index in [9.17, 15) is 19.5 Å². The molecule has 8 N–H and O–H groups in total. The van der Waals surface area contributed by atoms with E-state index in [1.807, 2.05) is 6.11 Å². The summed E-state index contributed by atoms with van der Waals surface area (Å²) in [6.45, 7) is -6.14. The Balaban J connectivity index is 1.13. The molecule has 268 valence electrons. The van der Waals surface area contributed by atoms with Crippen LogP contribution in [0.1, 0.15) is 30.8 Å². The molecule has 1 saturated carbocycles. The van der Waals surface area contributed by atoms with E-state index in [2.05, 4.69) is 30.2 Å². The zero-order valence-electron chi connectivity index (χ0n) is 25.0. The number of fused-ring (bicyclic) bond motifs is 3. The summed E-state index contributed by atoms with van der Waals surface area (Å²) in [6, 6.07) is 0. The van der Waals surface area contributed by atoms with E-state index >= 15 is 8.78 Å². The number of rotatable bonds is 3. The molecule has 21 nitrogen and oxygen atoms in total. The number of nitrogens with zero attached hydrogens (tertiary/aromatic N) is 7. The van der Waals surface area contributed by atoms with Gasteiger partial charge in [0.15, 0.2) is 29.9 Å². The van der Waals surface area contributed by atoms with Gasteiger partial charge in [-0.3, -0.25) is 22.7 Å². The second-order valence-electron chi connectivity index (χ2n) is 11.8. The number of halogens is 2. The van der Waals surface area contributed by atoms with Crippen LogP contribution in [0.3, 0.4) is 0 Å². The number of hydrogen-bond donors (Lipinski definition) is 6. The SMILES string of the molecule is C#COC1N=C(N)Nc2c1ncn2[C@@H]1O[C@@H]2COP(O)(=S)O[C@H]3[C@H](n4cnc5c(N)ncnc54)O[C@H](COP(=O)(O)O[C@H]2[C@H]1O)[C@]31CC1(F)F. The number of aliphatic imine (C=N–C) groups is 1. The predicted molar refractivity (Wildman–Crippen MR) is 164 cm³/mol. The van der Waals surface area contributed by atoms with Gasteiger partial charge in [0, 0.05) is 6.42 Å². The number of guanidine groups is 1. The molecule has 7 heterocycles. The number of nitrogens with one attached hydrogen (secondary N) is 1. The summed E-state index contributed by atoms with van der Waals surface area (Å²) in [5.74, 6) is -3.46. The maximum atomic E-state index is 15.4. The number of aromatic nitrogens is 6. The van der Waals surface area contributed by atoms with Crippen LogP contribution in [-0.4, -0.2) is 99.6 Å². The number of phosphoric acid groups is 1. The van der Waals surface area contributed by atoms with Crippen LogP contribution in [0.5, 0.6) is 0 Å². The fourth-order valence-corrected chi connectivity index (χ4v) is 9.04. The molecule has 4 aliphatic heterocycles. The van der Waals surface area contributed by atoms with E-state index in [-0.39, 0.29) is 34.5 Å². The van der Waals surface area contributed by atoms with Crippen LogP contribution < -0.4 is 16.8 Å². The molecule has 5 aliphatic rings. The minimum absolute atomic E-state index is 0.0115. The molecule has 1 aliphatic carbocycles. The fourth-order valence-electron chi connectivity index (χ4n) is 6.65. The Morgan fingerprint density at radius 1 is 1.10 bits per heavy atom. The van der Waals surface area contributed by atoms with Gasteiger partial charge < -0.3 is 50.4 Å². The van der Waals surface area contributed by atoms with Crippen molar-refractivity contribution < 1.29 is 60.5 Å². The van der Waals surface area contributed by atoms with Gasteiger partial charge >= 0.3 is 14.5 Å². The quantitative estimate of drug-likeness (QED) is 0.151. The van der Waals surface area contributed by atoms with Gasteiger partial charge in [0.25, 0.3) is 5.92 Å². The van der Waals surface area contributed by atoms with E-state index in [4.69, 9.17) is 62.0 Å². The van der Waals surface area contributed by atoms with Crippen LogP contribution in [-0.2, 0) is 48.7 Å². The minimum Gasteiger partial charge on any atom is -0.412 e. The van der Waals surface area contributed by atoms with Gasteiger partial charge in [-0.2, -0.15) is 0 Å². The van der Waals surface area contributed by atoms with Gasteiger partial charge in [0.1, 0.15) is 53.9 Å². The topological polar surface area (TPSA) is 280 Å². The molecule has 0 aromatic carbocycles.